The van der Waals surface area contributed by atoms with Gasteiger partial charge in [0.25, 0.3) is 0 Å². The standard InChI is InChI=1S/C43H50ClN3O2/c1-29-32(14-8-19-38-42-39(20-11-27-45-42)47-30(2)46-38)13-7-16-35(29)37-18-10-17-36(41(37)44)33-15-9-21-40(49-4)34(23-22-33)28-31-12-5-6-25-43(3,48)26-24-31/h7,10-11,13,15-18,20,22-23,27,31,48H,5-6,8-9,12,14,19,21,24-26,28H2,1-4H3/b23-22-,33-15+,40-34?. The highest BCUT2D eigenvalue weighted by molar-refractivity contribution is 6.35. The largest absolute Gasteiger partial charge is 0.501 e. The van der Waals surface area contributed by atoms with Crippen molar-refractivity contribution >= 4 is 28.2 Å². The second kappa shape index (κ2) is 15.8. The summed E-state index contributed by atoms with van der Waals surface area (Å²) in [6.45, 7) is 6.16. The second-order valence-electron chi connectivity index (χ2n) is 14.2. The number of fused-ring (bicyclic) bond motifs is 1. The highest BCUT2D eigenvalue weighted by atomic mass is 35.5. The molecule has 5 nitrogen and oxygen atoms in total. The average molecular weight is 676 g/mol. The van der Waals surface area contributed by atoms with Crippen molar-refractivity contribution in [2.75, 3.05) is 7.11 Å². The summed E-state index contributed by atoms with van der Waals surface area (Å²) >= 11 is 7.30. The fourth-order valence-electron chi connectivity index (χ4n) is 7.71. The zero-order valence-electron chi connectivity index (χ0n) is 29.6. The number of ether oxygens (including phenoxy) is 1. The molecular weight excluding hydrogens is 626 g/mol. The number of halogens is 1. The van der Waals surface area contributed by atoms with Crippen molar-refractivity contribution in [2.45, 2.75) is 103 Å². The van der Waals surface area contributed by atoms with Crippen LogP contribution < -0.4 is 0 Å². The monoisotopic (exact) mass is 675 g/mol. The maximum absolute atomic E-state index is 10.8. The van der Waals surface area contributed by atoms with Crippen LogP contribution in [0, 0.1) is 19.8 Å². The Kier molecular flexibility index (Phi) is 11.3. The molecule has 49 heavy (non-hydrogen) atoms. The lowest BCUT2D eigenvalue weighted by molar-refractivity contribution is 0.0263. The smallest absolute Gasteiger partial charge is 0.126 e. The van der Waals surface area contributed by atoms with Gasteiger partial charge in [0.2, 0.25) is 0 Å². The molecule has 2 atom stereocenters. The van der Waals surface area contributed by atoms with Crippen LogP contribution in [0.15, 0.2) is 84.3 Å². The first kappa shape index (κ1) is 35.0. The molecule has 2 aliphatic carbocycles. The van der Waals surface area contributed by atoms with Gasteiger partial charge in [0, 0.05) is 23.7 Å². The lowest BCUT2D eigenvalue weighted by Gasteiger charge is -2.30. The Hall–Kier alpha value is -3.80. The quantitative estimate of drug-likeness (QED) is 0.191. The predicted octanol–water partition coefficient (Wildman–Crippen LogP) is 10.9. The molecule has 0 saturated heterocycles. The molecule has 0 radical (unpaired) electrons. The van der Waals surface area contributed by atoms with Crippen LogP contribution in [0.25, 0.3) is 27.7 Å². The molecular formula is C43H50ClN3O2. The number of nitrogens with zero attached hydrogens (tertiary/aromatic N) is 3. The first-order valence-electron chi connectivity index (χ1n) is 18.0. The van der Waals surface area contributed by atoms with Crippen LogP contribution in [-0.4, -0.2) is 32.8 Å². The third-order valence-electron chi connectivity index (χ3n) is 10.5. The van der Waals surface area contributed by atoms with E-state index in [1.807, 2.05) is 32.2 Å². The van der Waals surface area contributed by atoms with E-state index in [0.29, 0.717) is 5.92 Å². The summed E-state index contributed by atoms with van der Waals surface area (Å²) in [7, 11) is 1.80. The fraction of sp³-hybridized carbons (Fsp3) is 0.419. The van der Waals surface area contributed by atoms with Crippen molar-refractivity contribution in [3.05, 3.63) is 118 Å². The number of aryl methyl sites for hydroxylation is 3. The van der Waals surface area contributed by atoms with Crippen LogP contribution in [0.1, 0.15) is 99.3 Å². The molecule has 256 valence electrons. The molecule has 0 aliphatic heterocycles. The van der Waals surface area contributed by atoms with E-state index < -0.39 is 5.60 Å². The first-order chi connectivity index (χ1) is 23.7. The number of allylic oxidation sites excluding steroid dienone is 6. The van der Waals surface area contributed by atoms with Gasteiger partial charge in [0.05, 0.1) is 34.7 Å². The highest BCUT2D eigenvalue weighted by Gasteiger charge is 2.26. The second-order valence-corrected chi connectivity index (χ2v) is 14.6. The number of pyridine rings is 1. The van der Waals surface area contributed by atoms with Gasteiger partial charge in [-0.15, -0.1) is 0 Å². The fourth-order valence-corrected chi connectivity index (χ4v) is 8.05. The van der Waals surface area contributed by atoms with E-state index in [1.165, 1.54) is 35.1 Å². The highest BCUT2D eigenvalue weighted by Crippen LogP contribution is 2.39. The zero-order chi connectivity index (χ0) is 34.4. The predicted molar refractivity (Wildman–Crippen MR) is 203 cm³/mol. The van der Waals surface area contributed by atoms with Crippen LogP contribution in [0.2, 0.25) is 5.02 Å². The van der Waals surface area contributed by atoms with Crippen LogP contribution in [0.3, 0.4) is 0 Å². The number of benzene rings is 2. The van der Waals surface area contributed by atoms with Crippen molar-refractivity contribution in [3.63, 3.8) is 0 Å². The normalized spacial score (nSPS) is 22.1. The molecule has 4 aromatic rings. The van der Waals surface area contributed by atoms with Gasteiger partial charge < -0.3 is 9.84 Å². The molecule has 2 unspecified atom stereocenters. The Morgan fingerprint density at radius 1 is 0.918 bits per heavy atom. The minimum absolute atomic E-state index is 0.548. The Balaban J connectivity index is 1.20. The van der Waals surface area contributed by atoms with Gasteiger partial charge in [-0.05, 0) is 118 Å². The number of aliphatic hydroxyl groups is 1. The average Bonchev–Trinajstić information content (AvgIpc) is 3.07. The summed E-state index contributed by atoms with van der Waals surface area (Å²) < 4.78 is 5.94. The van der Waals surface area contributed by atoms with E-state index in [4.69, 9.17) is 21.3 Å². The van der Waals surface area contributed by atoms with E-state index >= 15 is 0 Å². The summed E-state index contributed by atoms with van der Waals surface area (Å²) in [5, 5.41) is 11.5. The van der Waals surface area contributed by atoms with E-state index in [-0.39, 0.29) is 0 Å². The Morgan fingerprint density at radius 2 is 1.73 bits per heavy atom. The minimum Gasteiger partial charge on any atom is -0.501 e. The van der Waals surface area contributed by atoms with Crippen LogP contribution in [0.5, 0.6) is 0 Å². The first-order valence-corrected chi connectivity index (χ1v) is 18.4. The molecule has 1 fully saturated rings. The SMILES string of the molecule is COC1=C(CC2CCCCC(C)(O)CC2)/C=C\C(c2cccc(-c3cccc(CCCc4nc(C)nc5cccnc45)c3C)c2Cl)=C/CC1. The van der Waals surface area contributed by atoms with Gasteiger partial charge in [0.15, 0.2) is 0 Å². The summed E-state index contributed by atoms with van der Waals surface area (Å²) in [5.74, 6) is 2.41. The lowest BCUT2D eigenvalue weighted by atomic mass is 9.80. The summed E-state index contributed by atoms with van der Waals surface area (Å²) in [6, 6.07) is 16.9. The van der Waals surface area contributed by atoms with Gasteiger partial charge >= 0.3 is 0 Å². The van der Waals surface area contributed by atoms with Crippen molar-refractivity contribution in [2.24, 2.45) is 5.92 Å². The van der Waals surface area contributed by atoms with Crippen molar-refractivity contribution in [3.8, 4) is 11.1 Å². The topological polar surface area (TPSA) is 68.1 Å². The third-order valence-corrected chi connectivity index (χ3v) is 10.9. The van der Waals surface area contributed by atoms with E-state index in [1.54, 1.807) is 7.11 Å². The van der Waals surface area contributed by atoms with Gasteiger partial charge in [-0.1, -0.05) is 85.5 Å². The molecule has 6 heteroatoms. The Morgan fingerprint density at radius 3 is 2.59 bits per heavy atom. The number of hydrogen-bond acceptors (Lipinski definition) is 5. The molecule has 0 amide bonds. The van der Waals surface area contributed by atoms with Crippen LogP contribution >= 0.6 is 11.6 Å². The lowest BCUT2D eigenvalue weighted by Crippen LogP contribution is -2.26. The number of aromatic nitrogens is 3. The molecule has 1 saturated carbocycles. The van der Waals surface area contributed by atoms with E-state index in [9.17, 15) is 5.11 Å². The molecule has 2 heterocycles. The Labute approximate surface area is 297 Å². The van der Waals surface area contributed by atoms with Gasteiger partial charge in [-0.2, -0.15) is 0 Å². The van der Waals surface area contributed by atoms with E-state index in [2.05, 4.69) is 71.5 Å². The maximum atomic E-state index is 10.8. The number of hydrogen-bond donors (Lipinski definition) is 1. The summed E-state index contributed by atoms with van der Waals surface area (Å²) in [6.07, 6.45) is 20.4. The summed E-state index contributed by atoms with van der Waals surface area (Å²) in [4.78, 5) is 13.9. The number of methoxy groups -OCH3 is 1. The Bertz CT molecular complexity index is 1890. The summed E-state index contributed by atoms with van der Waals surface area (Å²) in [5.41, 5.74) is 10.6. The third kappa shape index (κ3) is 8.51. The van der Waals surface area contributed by atoms with Crippen LogP contribution in [-0.2, 0) is 17.6 Å². The zero-order valence-corrected chi connectivity index (χ0v) is 30.3. The van der Waals surface area contributed by atoms with Crippen LogP contribution in [0.4, 0.5) is 0 Å². The molecule has 6 rings (SSSR count). The van der Waals surface area contributed by atoms with Gasteiger partial charge in [0.1, 0.15) is 11.3 Å². The van der Waals surface area contributed by atoms with Gasteiger partial charge in [-0.3, -0.25) is 4.98 Å². The molecule has 0 spiro atoms. The molecule has 2 aromatic heterocycles. The molecule has 2 aliphatic rings. The number of rotatable bonds is 9. The minimum atomic E-state index is -0.548. The van der Waals surface area contributed by atoms with E-state index in [0.717, 1.165) is 114 Å². The molecule has 2 aromatic carbocycles. The molecule has 1 N–H and O–H groups in total. The van der Waals surface area contributed by atoms with Crippen molar-refractivity contribution < 1.29 is 9.84 Å². The maximum Gasteiger partial charge on any atom is 0.126 e. The van der Waals surface area contributed by atoms with Crippen molar-refractivity contribution in [1.29, 1.82) is 0 Å². The van der Waals surface area contributed by atoms with Gasteiger partial charge in [-0.25, -0.2) is 9.97 Å². The van der Waals surface area contributed by atoms with Crippen molar-refractivity contribution in [1.82, 2.24) is 15.0 Å². The molecule has 0 bridgehead atoms.